The van der Waals surface area contributed by atoms with E-state index in [1.165, 1.54) is 28.8 Å². The third-order valence-corrected chi connectivity index (χ3v) is 7.24. The van der Waals surface area contributed by atoms with Gasteiger partial charge in [0.05, 0.1) is 17.5 Å². The second-order valence-electron chi connectivity index (χ2n) is 8.42. The largest absolute Gasteiger partial charge is 0.332 e. The second-order valence-corrected chi connectivity index (χ2v) is 9.40. The third-order valence-electron chi connectivity index (χ3n) is 6.11. The Balaban J connectivity index is 1.41. The van der Waals surface area contributed by atoms with Gasteiger partial charge >= 0.3 is 6.03 Å². The average Bonchev–Trinajstić information content (AvgIpc) is 3.17. The summed E-state index contributed by atoms with van der Waals surface area (Å²) in [5.41, 5.74) is 4.41. The van der Waals surface area contributed by atoms with Crippen LogP contribution >= 0.6 is 11.8 Å². The van der Waals surface area contributed by atoms with Gasteiger partial charge in [-0.3, -0.25) is 19.7 Å². The van der Waals surface area contributed by atoms with Crippen LogP contribution in [0.4, 0.5) is 14.9 Å². The molecule has 3 aromatic rings. The van der Waals surface area contributed by atoms with Crippen molar-refractivity contribution in [1.29, 1.82) is 0 Å². The minimum absolute atomic E-state index is 0.0381. The zero-order chi connectivity index (χ0) is 25.2. The van der Waals surface area contributed by atoms with Crippen LogP contribution in [0.25, 0.3) is 11.1 Å². The number of benzene rings is 3. The number of hydrogen-bond donors (Lipinski definition) is 3. The van der Waals surface area contributed by atoms with Gasteiger partial charge in [-0.25, -0.2) is 9.18 Å². The molecule has 3 N–H and O–H groups in total. The van der Waals surface area contributed by atoms with Crippen LogP contribution in [0.15, 0.2) is 65.6 Å². The zero-order valence-corrected chi connectivity index (χ0v) is 19.7. The molecule has 36 heavy (non-hydrogen) atoms. The lowest BCUT2D eigenvalue weighted by atomic mass is 9.99. The molecule has 2 aliphatic heterocycles. The maximum atomic E-state index is 13.7. The summed E-state index contributed by atoms with van der Waals surface area (Å²) in [4.78, 5) is 50.1. The van der Waals surface area contributed by atoms with Gasteiger partial charge in [0, 0.05) is 23.5 Å². The van der Waals surface area contributed by atoms with Gasteiger partial charge in [0.1, 0.15) is 5.82 Å². The van der Waals surface area contributed by atoms with E-state index in [0.29, 0.717) is 23.4 Å². The van der Waals surface area contributed by atoms with E-state index in [4.69, 9.17) is 0 Å². The molecule has 5 amide bonds. The van der Waals surface area contributed by atoms with E-state index in [0.717, 1.165) is 27.3 Å². The van der Waals surface area contributed by atoms with Gasteiger partial charge in [-0.2, -0.15) is 0 Å². The second kappa shape index (κ2) is 9.82. The van der Waals surface area contributed by atoms with Crippen molar-refractivity contribution in [3.63, 3.8) is 0 Å². The third kappa shape index (κ3) is 4.67. The van der Waals surface area contributed by atoms with Crippen LogP contribution in [0.1, 0.15) is 27.5 Å². The predicted molar refractivity (Wildman–Crippen MR) is 133 cm³/mol. The van der Waals surface area contributed by atoms with Crippen LogP contribution < -0.4 is 16.0 Å². The Labute approximate surface area is 210 Å². The molecule has 0 spiro atoms. The quantitative estimate of drug-likeness (QED) is 0.444. The normalized spacial score (nSPS) is 15.0. The fourth-order valence-electron chi connectivity index (χ4n) is 4.43. The van der Waals surface area contributed by atoms with E-state index in [1.54, 1.807) is 6.07 Å². The lowest BCUT2D eigenvalue weighted by molar-refractivity contribution is -0.114. The van der Waals surface area contributed by atoms with Gasteiger partial charge in [0.25, 0.3) is 5.91 Å². The highest BCUT2D eigenvalue weighted by Crippen LogP contribution is 2.40. The molecule has 5 rings (SSSR count). The summed E-state index contributed by atoms with van der Waals surface area (Å²) in [5, 5.41) is 7.68. The Morgan fingerprint density at radius 3 is 2.69 bits per heavy atom. The van der Waals surface area contributed by atoms with E-state index in [2.05, 4.69) is 16.0 Å². The number of carbonyl (C=O) groups excluding carboxylic acids is 4. The van der Waals surface area contributed by atoms with Gasteiger partial charge in [0.2, 0.25) is 12.3 Å². The Kier molecular flexibility index (Phi) is 6.43. The lowest BCUT2D eigenvalue weighted by Gasteiger charge is -2.25. The minimum Gasteiger partial charge on any atom is -0.332 e. The first-order valence-electron chi connectivity index (χ1n) is 11.2. The number of imide groups is 1. The van der Waals surface area contributed by atoms with Gasteiger partial charge in [-0.1, -0.05) is 42.5 Å². The van der Waals surface area contributed by atoms with Crippen molar-refractivity contribution in [3.8, 4) is 11.1 Å². The number of carbonyl (C=O) groups is 4. The van der Waals surface area contributed by atoms with Crippen LogP contribution in [0.2, 0.25) is 0 Å². The van der Waals surface area contributed by atoms with Crippen molar-refractivity contribution in [2.24, 2.45) is 0 Å². The van der Waals surface area contributed by atoms with E-state index >= 15 is 0 Å². The zero-order valence-electron chi connectivity index (χ0n) is 18.9. The first kappa shape index (κ1) is 23.6. The number of nitrogens with zero attached hydrogens (tertiary/aromatic N) is 1. The highest BCUT2D eigenvalue weighted by Gasteiger charge is 2.30. The SMILES string of the molecule is O=CNC(=O)N[C@@H](CN1Cc2ccc(F)cc2C1=O)c1ccc(-c2cccc3c2SCC(=O)N3)cc1. The van der Waals surface area contributed by atoms with Crippen LogP contribution in [-0.2, 0) is 16.1 Å². The fraction of sp³-hybridized carbons (Fsp3) is 0.154. The molecule has 0 aliphatic carbocycles. The Hall–Kier alpha value is -4.18. The Bertz CT molecular complexity index is 1380. The molecule has 0 unspecified atom stereocenters. The summed E-state index contributed by atoms with van der Waals surface area (Å²) in [5.74, 6) is -0.501. The summed E-state index contributed by atoms with van der Waals surface area (Å²) in [6.07, 6.45) is 0.282. The molecule has 0 fully saturated rings. The lowest BCUT2D eigenvalue weighted by Crippen LogP contribution is -2.42. The molecule has 0 bridgehead atoms. The van der Waals surface area contributed by atoms with Gasteiger partial charge < -0.3 is 15.5 Å². The maximum Gasteiger partial charge on any atom is 0.321 e. The summed E-state index contributed by atoms with van der Waals surface area (Å²) in [6, 6.07) is 16.0. The monoisotopic (exact) mass is 504 g/mol. The van der Waals surface area contributed by atoms with E-state index in [9.17, 15) is 23.6 Å². The number of anilines is 1. The van der Waals surface area contributed by atoms with Gasteiger partial charge in [0.15, 0.2) is 0 Å². The number of halogens is 1. The van der Waals surface area contributed by atoms with Crippen molar-refractivity contribution in [2.45, 2.75) is 17.5 Å². The molecule has 0 aromatic heterocycles. The summed E-state index contributed by atoms with van der Waals surface area (Å²) in [6.45, 7) is 0.419. The summed E-state index contributed by atoms with van der Waals surface area (Å²) < 4.78 is 13.7. The van der Waals surface area contributed by atoms with Gasteiger partial charge in [-0.15, -0.1) is 11.8 Å². The van der Waals surface area contributed by atoms with Crippen molar-refractivity contribution < 1.29 is 23.6 Å². The molecular formula is C26H21FN4O4S. The number of fused-ring (bicyclic) bond motifs is 2. The van der Waals surface area contributed by atoms with E-state index < -0.39 is 17.9 Å². The molecule has 0 radical (unpaired) electrons. The van der Waals surface area contributed by atoms with Crippen LogP contribution in [-0.4, -0.2) is 41.5 Å². The molecule has 2 aliphatic rings. The predicted octanol–water partition coefficient (Wildman–Crippen LogP) is 3.69. The fourth-order valence-corrected chi connectivity index (χ4v) is 5.39. The van der Waals surface area contributed by atoms with Crippen molar-refractivity contribution >= 4 is 41.7 Å². The van der Waals surface area contributed by atoms with Crippen molar-refractivity contribution in [1.82, 2.24) is 15.5 Å². The summed E-state index contributed by atoms with van der Waals surface area (Å²) in [7, 11) is 0. The molecule has 8 nitrogen and oxygen atoms in total. The smallest absolute Gasteiger partial charge is 0.321 e. The topological polar surface area (TPSA) is 108 Å². The number of amides is 5. The standard InChI is InChI=1S/C26H21FN4O4S/c27-18-9-8-17-11-31(25(34)20(17)10-18)12-22(30-26(35)28-14-32)16-6-4-15(5-7-16)19-2-1-3-21-24(19)36-13-23(33)29-21/h1-10,14,22H,11-13H2,(H,29,33)(H2,28,30,32,35)/t22-/m0/s1. The molecule has 10 heteroatoms. The number of urea groups is 1. The maximum absolute atomic E-state index is 13.7. The molecule has 2 heterocycles. The van der Waals surface area contributed by atoms with E-state index in [-0.39, 0.29) is 24.8 Å². The number of nitrogens with one attached hydrogen (secondary N) is 3. The molecule has 0 saturated heterocycles. The summed E-state index contributed by atoms with van der Waals surface area (Å²) >= 11 is 1.48. The van der Waals surface area contributed by atoms with Crippen LogP contribution in [0.5, 0.6) is 0 Å². The van der Waals surface area contributed by atoms with Crippen molar-refractivity contribution in [3.05, 3.63) is 83.2 Å². The molecule has 1 atom stereocenters. The molecule has 0 saturated carbocycles. The number of hydrogen-bond acceptors (Lipinski definition) is 5. The minimum atomic E-state index is -0.696. The first-order valence-corrected chi connectivity index (χ1v) is 12.2. The van der Waals surface area contributed by atoms with Gasteiger partial charge in [-0.05, 0) is 40.5 Å². The van der Waals surface area contributed by atoms with E-state index in [1.807, 2.05) is 42.5 Å². The number of rotatable bonds is 6. The number of thioether (sulfide) groups is 1. The molecule has 3 aromatic carbocycles. The Morgan fingerprint density at radius 2 is 1.92 bits per heavy atom. The highest BCUT2D eigenvalue weighted by atomic mass is 32.2. The van der Waals surface area contributed by atoms with Crippen LogP contribution in [0.3, 0.4) is 0 Å². The Morgan fingerprint density at radius 1 is 1.11 bits per heavy atom. The van der Waals surface area contributed by atoms with Crippen molar-refractivity contribution in [2.75, 3.05) is 17.6 Å². The van der Waals surface area contributed by atoms with Crippen LogP contribution in [0, 0.1) is 5.82 Å². The molecular weight excluding hydrogens is 483 g/mol. The highest BCUT2D eigenvalue weighted by molar-refractivity contribution is 8.00. The molecule has 182 valence electrons. The first-order chi connectivity index (χ1) is 17.4. The average molecular weight is 505 g/mol.